The van der Waals surface area contributed by atoms with Gasteiger partial charge in [0.15, 0.2) is 5.69 Å². The van der Waals surface area contributed by atoms with Gasteiger partial charge in [0.25, 0.3) is 5.91 Å². The predicted octanol–water partition coefficient (Wildman–Crippen LogP) is 2.87. The maximum atomic E-state index is 12.9. The van der Waals surface area contributed by atoms with E-state index < -0.39 is 12.1 Å². The highest BCUT2D eigenvalue weighted by molar-refractivity contribution is 5.91. The highest BCUT2D eigenvalue weighted by atomic mass is 19.4. The molecule has 186 valence electrons. The number of nitrogens with zero attached hydrogens (tertiary/aromatic N) is 6. The fourth-order valence-corrected chi connectivity index (χ4v) is 3.35. The Morgan fingerprint density at radius 1 is 1.03 bits per heavy atom. The summed E-state index contributed by atoms with van der Waals surface area (Å²) in [6.45, 7) is 1.69. The molecule has 0 spiro atoms. The monoisotopic (exact) mass is 489 g/mol. The lowest BCUT2D eigenvalue weighted by Crippen LogP contribution is -2.18. The summed E-state index contributed by atoms with van der Waals surface area (Å²) in [4.78, 5) is 27.9. The molecule has 3 heterocycles. The Kier molecular flexibility index (Phi) is 8.61. The lowest BCUT2D eigenvalue weighted by molar-refractivity contribution is -0.146. The van der Waals surface area contributed by atoms with Gasteiger partial charge >= 0.3 is 6.18 Å². The Balaban J connectivity index is 1.44. The van der Waals surface area contributed by atoms with Gasteiger partial charge in [0, 0.05) is 31.9 Å². The maximum Gasteiger partial charge on any atom is 0.395 e. The van der Waals surface area contributed by atoms with E-state index in [0.717, 1.165) is 25.5 Å². The third-order valence-corrected chi connectivity index (χ3v) is 5.43. The average molecular weight is 490 g/mol. The zero-order chi connectivity index (χ0) is 25.4. The summed E-state index contributed by atoms with van der Waals surface area (Å²) in [6, 6.07) is 6.16. The molecule has 1 N–H and O–H groups in total. The van der Waals surface area contributed by atoms with Gasteiger partial charge < -0.3 is 5.32 Å². The minimum atomic E-state index is -4.35. The second-order valence-corrected chi connectivity index (χ2v) is 8.16. The van der Waals surface area contributed by atoms with Crippen LogP contribution in [0.4, 0.5) is 13.2 Å². The van der Waals surface area contributed by atoms with Crippen LogP contribution in [-0.4, -0.2) is 55.1 Å². The lowest BCUT2D eigenvalue weighted by atomic mass is 9.99. The summed E-state index contributed by atoms with van der Waals surface area (Å²) < 4.78 is 40.4. The quantitative estimate of drug-likeness (QED) is 0.412. The molecule has 0 aliphatic heterocycles. The first kappa shape index (κ1) is 25.9. The maximum absolute atomic E-state index is 12.9. The number of hydrogen-bond acceptors (Lipinski definition) is 7. The Labute approximate surface area is 200 Å². The SMILES string of the molecule is CNC(=O)c1cn(CCCCc2ccc(CC(=O)Cc3cc(C(C)C(F)(F)F)ccn3)nn2)nn1. The number of carbonyl (C=O) groups excluding carboxylic acids is 2. The highest BCUT2D eigenvalue weighted by Gasteiger charge is 2.37. The molecular formula is C23H26F3N7O2. The Hall–Kier alpha value is -3.70. The standard InChI is InChI=1S/C23H26F3N7O2/c1-15(23(24,25)26)16-8-9-28-19(11-16)13-20(34)12-18-7-6-17(29-30-18)5-3-4-10-33-14-21(31-32-33)22(35)27-2/h6-9,11,14-15H,3-5,10,12-13H2,1-2H3,(H,27,35). The van der Waals surface area contributed by atoms with Crippen LogP contribution in [0, 0.1) is 0 Å². The van der Waals surface area contributed by atoms with Gasteiger partial charge in [0.2, 0.25) is 0 Å². The van der Waals surface area contributed by atoms with E-state index in [1.807, 2.05) is 0 Å². The van der Waals surface area contributed by atoms with Crippen molar-refractivity contribution < 1.29 is 22.8 Å². The second kappa shape index (κ2) is 11.6. The zero-order valence-electron chi connectivity index (χ0n) is 19.4. The summed E-state index contributed by atoms with van der Waals surface area (Å²) in [5.41, 5.74) is 1.91. The van der Waals surface area contributed by atoms with E-state index in [2.05, 4.69) is 30.8 Å². The van der Waals surface area contributed by atoms with Crippen LogP contribution in [0.3, 0.4) is 0 Å². The topological polar surface area (TPSA) is 116 Å². The number of hydrogen-bond donors (Lipinski definition) is 1. The summed E-state index contributed by atoms with van der Waals surface area (Å²) in [6.07, 6.45) is 0.780. The van der Waals surface area contributed by atoms with E-state index in [0.29, 0.717) is 24.4 Å². The molecule has 1 atom stereocenters. The lowest BCUT2D eigenvalue weighted by Gasteiger charge is -2.16. The average Bonchev–Trinajstić information content (AvgIpc) is 3.30. The van der Waals surface area contributed by atoms with Crippen LogP contribution in [0.1, 0.15) is 58.8 Å². The van der Waals surface area contributed by atoms with Crippen LogP contribution < -0.4 is 5.32 Å². The highest BCUT2D eigenvalue weighted by Crippen LogP contribution is 2.34. The van der Waals surface area contributed by atoms with Crippen molar-refractivity contribution in [2.75, 3.05) is 7.05 Å². The van der Waals surface area contributed by atoms with Crippen molar-refractivity contribution in [3.63, 3.8) is 0 Å². The fourth-order valence-electron chi connectivity index (χ4n) is 3.35. The summed E-state index contributed by atoms with van der Waals surface area (Å²) in [5.74, 6) is -2.12. The first-order valence-corrected chi connectivity index (χ1v) is 11.1. The molecule has 0 aliphatic rings. The molecule has 0 bridgehead atoms. The first-order chi connectivity index (χ1) is 16.7. The number of aromatic nitrogens is 6. The fraction of sp³-hybridized carbons (Fsp3) is 0.435. The Morgan fingerprint density at radius 2 is 1.74 bits per heavy atom. The van der Waals surface area contributed by atoms with Gasteiger partial charge in [-0.25, -0.2) is 0 Å². The molecule has 0 radical (unpaired) electrons. The predicted molar refractivity (Wildman–Crippen MR) is 120 cm³/mol. The third kappa shape index (κ3) is 7.66. The van der Waals surface area contributed by atoms with Crippen LogP contribution in [0.15, 0.2) is 36.7 Å². The molecule has 0 saturated carbocycles. The molecule has 0 aliphatic carbocycles. The number of ketones is 1. The van der Waals surface area contributed by atoms with Crippen LogP contribution in [0.2, 0.25) is 0 Å². The van der Waals surface area contributed by atoms with Crippen LogP contribution in [-0.2, 0) is 30.6 Å². The molecule has 3 rings (SSSR count). The van der Waals surface area contributed by atoms with E-state index in [-0.39, 0.29) is 35.8 Å². The minimum absolute atomic E-state index is 0.0218. The third-order valence-electron chi connectivity index (χ3n) is 5.43. The molecule has 35 heavy (non-hydrogen) atoms. The van der Waals surface area contributed by atoms with Gasteiger partial charge in [-0.3, -0.25) is 19.3 Å². The number of aryl methyl sites for hydroxylation is 2. The number of pyridine rings is 1. The van der Waals surface area contributed by atoms with E-state index in [9.17, 15) is 22.8 Å². The van der Waals surface area contributed by atoms with E-state index in [1.165, 1.54) is 25.4 Å². The molecule has 12 heteroatoms. The van der Waals surface area contributed by atoms with Crippen molar-refractivity contribution in [3.8, 4) is 0 Å². The number of carbonyl (C=O) groups is 2. The van der Waals surface area contributed by atoms with Crippen LogP contribution >= 0.6 is 0 Å². The van der Waals surface area contributed by atoms with Gasteiger partial charge in [0.1, 0.15) is 5.78 Å². The molecule has 0 saturated heterocycles. The molecular weight excluding hydrogens is 463 g/mol. The number of amides is 1. The van der Waals surface area contributed by atoms with Crippen LogP contribution in [0.25, 0.3) is 0 Å². The molecule has 1 amide bonds. The number of rotatable bonds is 11. The molecule has 0 aromatic carbocycles. The van der Waals surface area contributed by atoms with Gasteiger partial charge in [-0.2, -0.15) is 23.4 Å². The van der Waals surface area contributed by atoms with Gasteiger partial charge in [-0.15, -0.1) is 5.10 Å². The number of unbranched alkanes of at least 4 members (excludes halogenated alkanes) is 1. The van der Waals surface area contributed by atoms with Crippen LogP contribution in [0.5, 0.6) is 0 Å². The molecule has 9 nitrogen and oxygen atoms in total. The molecule has 0 fully saturated rings. The van der Waals surface area contributed by atoms with Gasteiger partial charge in [-0.05, 0) is 56.0 Å². The van der Waals surface area contributed by atoms with Crippen molar-refractivity contribution in [2.45, 2.75) is 57.7 Å². The van der Waals surface area contributed by atoms with E-state index >= 15 is 0 Å². The largest absolute Gasteiger partial charge is 0.395 e. The normalized spacial score (nSPS) is 12.4. The Morgan fingerprint density at radius 3 is 2.43 bits per heavy atom. The van der Waals surface area contributed by atoms with E-state index in [4.69, 9.17) is 0 Å². The zero-order valence-corrected chi connectivity index (χ0v) is 19.4. The first-order valence-electron chi connectivity index (χ1n) is 11.1. The molecule has 1 unspecified atom stereocenters. The van der Waals surface area contributed by atoms with E-state index in [1.54, 1.807) is 23.0 Å². The van der Waals surface area contributed by atoms with Crippen molar-refractivity contribution >= 4 is 11.7 Å². The summed E-state index contributed by atoms with van der Waals surface area (Å²) >= 11 is 0. The molecule has 3 aromatic rings. The van der Waals surface area contributed by atoms with Crippen molar-refractivity contribution in [1.82, 2.24) is 35.5 Å². The summed E-state index contributed by atoms with van der Waals surface area (Å²) in [7, 11) is 1.53. The Bertz CT molecular complexity index is 1150. The second-order valence-electron chi connectivity index (χ2n) is 8.16. The minimum Gasteiger partial charge on any atom is -0.354 e. The number of nitrogens with one attached hydrogen (secondary N) is 1. The van der Waals surface area contributed by atoms with Crippen molar-refractivity contribution in [3.05, 3.63) is 65.0 Å². The van der Waals surface area contributed by atoms with Crippen molar-refractivity contribution in [2.24, 2.45) is 0 Å². The smallest absolute Gasteiger partial charge is 0.354 e. The van der Waals surface area contributed by atoms with Gasteiger partial charge in [-0.1, -0.05) is 5.21 Å². The molecule has 3 aromatic heterocycles. The number of alkyl halides is 3. The summed E-state index contributed by atoms with van der Waals surface area (Å²) in [5, 5.41) is 18.5. The number of halogens is 3. The van der Waals surface area contributed by atoms with Gasteiger partial charge in [0.05, 0.1) is 29.9 Å². The van der Waals surface area contributed by atoms with Crippen molar-refractivity contribution in [1.29, 1.82) is 0 Å². The number of Topliss-reactive ketones (excluding diaryl/α,β-unsaturated/α-hetero) is 1.